The summed E-state index contributed by atoms with van der Waals surface area (Å²) in [5, 5.41) is 5.06. The molecule has 7 nitrogen and oxygen atoms in total. The molecular weight excluding hydrogens is 408 g/mol. The number of nitrogens with one attached hydrogen (secondary N) is 2. The molecule has 1 fully saturated rings. The highest BCUT2D eigenvalue weighted by molar-refractivity contribution is 5.91. The van der Waals surface area contributed by atoms with Crippen LogP contribution in [0.4, 0.5) is 0 Å². The lowest BCUT2D eigenvalue weighted by atomic mass is 9.92. The van der Waals surface area contributed by atoms with Crippen LogP contribution in [0.15, 0.2) is 70.0 Å². The minimum Gasteiger partial charge on any atom is -0.466 e. The first kappa shape index (κ1) is 21.6. The van der Waals surface area contributed by atoms with Crippen molar-refractivity contribution in [3.63, 3.8) is 0 Å². The number of H-pyrrole nitrogens is 1. The molecule has 1 atom stereocenters. The first-order valence-electron chi connectivity index (χ1n) is 10.8. The predicted octanol–water partition coefficient (Wildman–Crippen LogP) is 3.71. The van der Waals surface area contributed by atoms with Crippen LogP contribution in [0.3, 0.4) is 0 Å². The van der Waals surface area contributed by atoms with Crippen molar-refractivity contribution >= 4 is 11.9 Å². The van der Waals surface area contributed by atoms with Crippen molar-refractivity contribution in [1.29, 1.82) is 0 Å². The summed E-state index contributed by atoms with van der Waals surface area (Å²) in [4.78, 5) is 36.4. The van der Waals surface area contributed by atoms with Crippen LogP contribution in [0, 0.1) is 5.41 Å². The van der Waals surface area contributed by atoms with Crippen molar-refractivity contribution in [1.82, 2.24) is 10.5 Å². The number of benzene rings is 2. The van der Waals surface area contributed by atoms with Gasteiger partial charge in [-0.1, -0.05) is 54.6 Å². The van der Waals surface area contributed by atoms with Gasteiger partial charge in [0.05, 0.1) is 18.1 Å². The number of hydrogen-bond acceptors (Lipinski definition) is 5. The van der Waals surface area contributed by atoms with Gasteiger partial charge < -0.3 is 14.6 Å². The molecule has 0 saturated heterocycles. The minimum absolute atomic E-state index is 0.0830. The summed E-state index contributed by atoms with van der Waals surface area (Å²) < 4.78 is 10.2. The van der Waals surface area contributed by atoms with Crippen LogP contribution < -0.4 is 10.9 Å². The average molecular weight is 434 g/mol. The first-order valence-corrected chi connectivity index (χ1v) is 10.8. The zero-order valence-electron chi connectivity index (χ0n) is 17.9. The summed E-state index contributed by atoms with van der Waals surface area (Å²) in [7, 11) is 0. The van der Waals surface area contributed by atoms with Gasteiger partial charge in [0.1, 0.15) is 0 Å². The molecule has 0 aliphatic heterocycles. The van der Waals surface area contributed by atoms with Crippen LogP contribution in [-0.4, -0.2) is 29.7 Å². The third-order valence-electron chi connectivity index (χ3n) is 5.83. The summed E-state index contributed by atoms with van der Waals surface area (Å²) >= 11 is 0. The predicted molar refractivity (Wildman–Crippen MR) is 119 cm³/mol. The van der Waals surface area contributed by atoms with Crippen molar-refractivity contribution in [2.24, 2.45) is 5.41 Å². The SMILES string of the molecule is CCOC(=O)C1(CC(Cc2ccc(-c3ccccc3)cc2)NC(=O)c2cc(=O)[nH]o2)CC1. The molecule has 7 heteroatoms. The highest BCUT2D eigenvalue weighted by Crippen LogP contribution is 2.51. The van der Waals surface area contributed by atoms with Crippen LogP contribution in [0.25, 0.3) is 11.1 Å². The Morgan fingerprint density at radius 2 is 1.78 bits per heavy atom. The molecule has 0 bridgehead atoms. The fraction of sp³-hybridized carbons (Fsp3) is 0.320. The molecular formula is C25H26N2O5. The lowest BCUT2D eigenvalue weighted by molar-refractivity contribution is -0.150. The molecule has 1 aromatic heterocycles. The van der Waals surface area contributed by atoms with E-state index < -0.39 is 16.9 Å². The van der Waals surface area contributed by atoms with Gasteiger partial charge in [-0.2, -0.15) is 5.16 Å². The second kappa shape index (κ2) is 9.26. The second-order valence-corrected chi connectivity index (χ2v) is 8.22. The number of ether oxygens (including phenoxy) is 1. The van der Waals surface area contributed by atoms with Gasteiger partial charge in [0.25, 0.3) is 11.5 Å². The highest BCUT2D eigenvalue weighted by Gasteiger charge is 2.52. The van der Waals surface area contributed by atoms with Crippen LogP contribution in [0.2, 0.25) is 0 Å². The van der Waals surface area contributed by atoms with Gasteiger partial charge in [-0.25, -0.2) is 0 Å². The van der Waals surface area contributed by atoms with E-state index in [-0.39, 0.29) is 17.8 Å². The topological polar surface area (TPSA) is 101 Å². The van der Waals surface area contributed by atoms with Crippen molar-refractivity contribution in [2.45, 2.75) is 38.6 Å². The molecule has 1 saturated carbocycles. The van der Waals surface area contributed by atoms with Gasteiger partial charge in [0.2, 0.25) is 5.76 Å². The monoisotopic (exact) mass is 434 g/mol. The van der Waals surface area contributed by atoms with Crippen LogP contribution in [-0.2, 0) is 16.0 Å². The maximum Gasteiger partial charge on any atom is 0.312 e. The van der Waals surface area contributed by atoms with Crippen LogP contribution in [0.5, 0.6) is 0 Å². The maximum absolute atomic E-state index is 12.6. The molecule has 1 aliphatic rings. The van der Waals surface area contributed by atoms with E-state index in [1.807, 2.05) is 42.5 Å². The van der Waals surface area contributed by atoms with Gasteiger partial charge in [0, 0.05) is 6.04 Å². The number of carbonyl (C=O) groups is 2. The Morgan fingerprint density at radius 3 is 2.38 bits per heavy atom. The normalized spacial score (nSPS) is 15.0. The van der Waals surface area contributed by atoms with Crippen molar-refractivity contribution < 1.29 is 18.8 Å². The van der Waals surface area contributed by atoms with Gasteiger partial charge in [0.15, 0.2) is 0 Å². The van der Waals surface area contributed by atoms with E-state index in [0.717, 1.165) is 35.6 Å². The Hall–Kier alpha value is -3.61. The quantitative estimate of drug-likeness (QED) is 0.500. The Morgan fingerprint density at radius 1 is 1.09 bits per heavy atom. The Bertz CT molecular complexity index is 1130. The van der Waals surface area contributed by atoms with Gasteiger partial charge >= 0.3 is 5.97 Å². The number of hydrogen-bond donors (Lipinski definition) is 2. The number of aromatic amines is 1. The first-order chi connectivity index (χ1) is 15.5. The van der Waals surface area contributed by atoms with E-state index in [9.17, 15) is 14.4 Å². The molecule has 0 radical (unpaired) electrons. The largest absolute Gasteiger partial charge is 0.466 e. The van der Waals surface area contributed by atoms with E-state index >= 15 is 0 Å². The molecule has 3 aromatic rings. The third kappa shape index (κ3) is 4.99. The zero-order chi connectivity index (χ0) is 22.6. The van der Waals surface area contributed by atoms with E-state index in [4.69, 9.17) is 9.26 Å². The molecule has 0 spiro atoms. The fourth-order valence-corrected chi connectivity index (χ4v) is 3.97. The fourth-order valence-electron chi connectivity index (χ4n) is 3.97. The zero-order valence-corrected chi connectivity index (χ0v) is 17.9. The van der Waals surface area contributed by atoms with Crippen LogP contribution in [0.1, 0.15) is 42.3 Å². The summed E-state index contributed by atoms with van der Waals surface area (Å²) in [5.74, 6) is -0.791. The van der Waals surface area contributed by atoms with E-state index in [2.05, 4.69) is 22.6 Å². The standard InChI is InChI=1S/C25H26N2O5/c1-2-31-24(30)25(12-13-25)16-20(26-23(29)21-15-22(28)27-32-21)14-17-8-10-19(11-9-17)18-6-4-3-5-7-18/h3-11,15,20H,2,12-14,16H2,1H3,(H,26,29)(H,27,28). The summed E-state index contributed by atoms with van der Waals surface area (Å²) in [6, 6.07) is 19.0. The molecule has 2 aromatic carbocycles. The Kier molecular flexibility index (Phi) is 6.25. The highest BCUT2D eigenvalue weighted by atomic mass is 16.5. The Labute approximate surface area is 185 Å². The van der Waals surface area contributed by atoms with Crippen molar-refractivity contribution in [2.75, 3.05) is 6.61 Å². The van der Waals surface area contributed by atoms with Gasteiger partial charge in [-0.15, -0.1) is 0 Å². The molecule has 1 amide bonds. The molecule has 1 aliphatic carbocycles. The Balaban J connectivity index is 1.51. The number of aromatic nitrogens is 1. The van der Waals surface area contributed by atoms with Crippen molar-refractivity contribution in [3.8, 4) is 11.1 Å². The number of esters is 1. The summed E-state index contributed by atoms with van der Waals surface area (Å²) in [6.45, 7) is 2.11. The molecule has 32 heavy (non-hydrogen) atoms. The smallest absolute Gasteiger partial charge is 0.312 e. The second-order valence-electron chi connectivity index (χ2n) is 8.22. The van der Waals surface area contributed by atoms with Crippen molar-refractivity contribution in [3.05, 3.63) is 82.3 Å². The molecule has 2 N–H and O–H groups in total. The lowest BCUT2D eigenvalue weighted by Gasteiger charge is -2.23. The number of rotatable bonds is 9. The van der Waals surface area contributed by atoms with Crippen LogP contribution >= 0.6 is 0 Å². The van der Waals surface area contributed by atoms with Gasteiger partial charge in [-0.3, -0.25) is 14.4 Å². The number of carbonyl (C=O) groups excluding carboxylic acids is 2. The average Bonchev–Trinajstić information content (AvgIpc) is 3.45. The molecule has 1 unspecified atom stereocenters. The molecule has 166 valence electrons. The lowest BCUT2D eigenvalue weighted by Crippen LogP contribution is -2.40. The number of amides is 1. The molecule has 4 rings (SSSR count). The summed E-state index contributed by atoms with van der Waals surface area (Å²) in [6.07, 6.45) is 2.48. The third-order valence-corrected chi connectivity index (χ3v) is 5.83. The minimum atomic E-state index is -0.559. The summed E-state index contributed by atoms with van der Waals surface area (Å²) in [5.41, 5.74) is 2.23. The van der Waals surface area contributed by atoms with E-state index in [0.29, 0.717) is 19.4 Å². The van der Waals surface area contributed by atoms with E-state index in [1.54, 1.807) is 6.92 Å². The molecule has 1 heterocycles. The van der Waals surface area contributed by atoms with E-state index in [1.165, 1.54) is 0 Å². The van der Waals surface area contributed by atoms with Gasteiger partial charge in [-0.05, 0) is 49.3 Å². The maximum atomic E-state index is 12.6.